The number of amides is 1. The molecule has 1 aliphatic rings. The maximum Gasteiger partial charge on any atom is 0.230 e. The third-order valence-corrected chi connectivity index (χ3v) is 5.95. The molecular formula is C24H22N4O4S. The number of rotatable bonds is 7. The Morgan fingerprint density at radius 2 is 1.85 bits per heavy atom. The number of aromatic nitrogens is 3. The van der Waals surface area contributed by atoms with Crippen LogP contribution < -0.4 is 14.8 Å². The van der Waals surface area contributed by atoms with Crippen molar-refractivity contribution in [2.45, 2.75) is 18.1 Å². The molecule has 2 aromatic heterocycles. The monoisotopic (exact) mass is 462 g/mol. The number of nitrogens with zero attached hydrogens (tertiary/aromatic N) is 3. The molecule has 9 heteroatoms. The lowest BCUT2D eigenvalue weighted by Crippen LogP contribution is -2.24. The highest BCUT2D eigenvalue weighted by Gasteiger charge is 2.19. The Labute approximate surface area is 194 Å². The van der Waals surface area contributed by atoms with Gasteiger partial charge in [0, 0.05) is 17.7 Å². The third-order valence-electron chi connectivity index (χ3n) is 5.03. The van der Waals surface area contributed by atoms with Crippen molar-refractivity contribution >= 4 is 17.7 Å². The van der Waals surface area contributed by atoms with E-state index >= 15 is 0 Å². The molecule has 0 bridgehead atoms. The number of hydrogen-bond acceptors (Lipinski definition) is 7. The van der Waals surface area contributed by atoms with Gasteiger partial charge in [0.15, 0.2) is 22.5 Å². The lowest BCUT2D eigenvalue weighted by atomic mass is 10.2. The Morgan fingerprint density at radius 1 is 1.00 bits per heavy atom. The molecule has 1 amide bonds. The van der Waals surface area contributed by atoms with Gasteiger partial charge in [0.1, 0.15) is 5.76 Å². The molecule has 3 heterocycles. The minimum atomic E-state index is -0.115. The molecule has 0 fully saturated rings. The Bertz CT molecular complexity index is 1220. The molecule has 168 valence electrons. The summed E-state index contributed by atoms with van der Waals surface area (Å²) in [6.07, 6.45) is 2.42. The number of furan rings is 1. The van der Waals surface area contributed by atoms with Crippen molar-refractivity contribution < 1.29 is 18.7 Å². The number of fused-ring (bicyclic) bond motifs is 1. The van der Waals surface area contributed by atoms with Crippen LogP contribution in [0.25, 0.3) is 17.1 Å². The molecule has 33 heavy (non-hydrogen) atoms. The molecule has 2 aromatic carbocycles. The second kappa shape index (κ2) is 9.83. The summed E-state index contributed by atoms with van der Waals surface area (Å²) in [5.41, 5.74) is 1.76. The van der Waals surface area contributed by atoms with Gasteiger partial charge >= 0.3 is 0 Å². The SMILES string of the molecule is O=C(CSc1nnc(-c2ccc3c(c2)OCCCO3)n1-c1ccccc1)NCc1ccco1. The van der Waals surface area contributed by atoms with Gasteiger partial charge in [-0.3, -0.25) is 9.36 Å². The predicted molar refractivity (Wildman–Crippen MR) is 124 cm³/mol. The molecule has 0 atom stereocenters. The van der Waals surface area contributed by atoms with Crippen LogP contribution in [-0.4, -0.2) is 39.6 Å². The molecular weight excluding hydrogens is 440 g/mol. The molecule has 0 aliphatic carbocycles. The second-order valence-electron chi connectivity index (χ2n) is 7.33. The first-order valence-electron chi connectivity index (χ1n) is 10.6. The maximum atomic E-state index is 12.4. The van der Waals surface area contributed by atoms with Crippen molar-refractivity contribution in [3.63, 3.8) is 0 Å². The molecule has 4 aromatic rings. The number of carbonyl (C=O) groups excluding carboxylic acids is 1. The summed E-state index contributed by atoms with van der Waals surface area (Å²) < 4.78 is 18.8. The Hall–Kier alpha value is -3.72. The number of carbonyl (C=O) groups is 1. The third kappa shape index (κ3) is 4.88. The zero-order valence-corrected chi connectivity index (χ0v) is 18.6. The summed E-state index contributed by atoms with van der Waals surface area (Å²) in [5.74, 6) is 2.88. The van der Waals surface area contributed by atoms with Gasteiger partial charge in [0.05, 0.1) is 31.8 Å². The number of benzene rings is 2. The van der Waals surface area contributed by atoms with Crippen molar-refractivity contribution in [2.75, 3.05) is 19.0 Å². The molecule has 0 spiro atoms. The Morgan fingerprint density at radius 3 is 2.67 bits per heavy atom. The van der Waals surface area contributed by atoms with Gasteiger partial charge in [-0.2, -0.15) is 0 Å². The number of para-hydroxylation sites is 1. The predicted octanol–water partition coefficient (Wildman–Crippen LogP) is 4.10. The zero-order chi connectivity index (χ0) is 22.5. The van der Waals surface area contributed by atoms with Gasteiger partial charge in [-0.25, -0.2) is 0 Å². The molecule has 8 nitrogen and oxygen atoms in total. The van der Waals surface area contributed by atoms with E-state index in [9.17, 15) is 4.79 Å². The van der Waals surface area contributed by atoms with Crippen LogP contribution >= 0.6 is 11.8 Å². The first kappa shape index (κ1) is 21.1. The van der Waals surface area contributed by atoms with E-state index in [0.717, 1.165) is 23.4 Å². The van der Waals surface area contributed by atoms with Gasteiger partial charge in [0.2, 0.25) is 5.91 Å². The van der Waals surface area contributed by atoms with Crippen LogP contribution in [0.2, 0.25) is 0 Å². The minimum absolute atomic E-state index is 0.115. The highest BCUT2D eigenvalue weighted by Crippen LogP contribution is 2.35. The van der Waals surface area contributed by atoms with Crippen molar-refractivity contribution in [1.29, 1.82) is 0 Å². The van der Waals surface area contributed by atoms with Crippen LogP contribution in [0.5, 0.6) is 11.5 Å². The van der Waals surface area contributed by atoms with Gasteiger partial charge in [0.25, 0.3) is 0 Å². The standard InChI is InChI=1S/C24H22N4O4S/c29-22(25-15-19-8-4-11-30-19)16-33-24-27-26-23(28(24)18-6-2-1-3-7-18)17-9-10-20-21(14-17)32-13-5-12-31-20/h1-4,6-11,14H,5,12-13,15-16H2,(H,25,29). The average Bonchev–Trinajstić information content (AvgIpc) is 3.46. The first-order valence-corrected chi connectivity index (χ1v) is 11.6. The largest absolute Gasteiger partial charge is 0.490 e. The lowest BCUT2D eigenvalue weighted by molar-refractivity contribution is -0.118. The van der Waals surface area contributed by atoms with Crippen LogP contribution in [0.1, 0.15) is 12.2 Å². The fourth-order valence-corrected chi connectivity index (χ4v) is 4.22. The summed E-state index contributed by atoms with van der Waals surface area (Å²) in [4.78, 5) is 12.4. The molecule has 0 radical (unpaired) electrons. The zero-order valence-electron chi connectivity index (χ0n) is 17.8. The second-order valence-corrected chi connectivity index (χ2v) is 8.28. The molecule has 5 rings (SSSR count). The molecule has 0 unspecified atom stereocenters. The number of nitrogens with one attached hydrogen (secondary N) is 1. The van der Waals surface area contributed by atoms with E-state index in [1.807, 2.05) is 59.2 Å². The quantitative estimate of drug-likeness (QED) is 0.414. The fourth-order valence-electron chi connectivity index (χ4n) is 3.44. The summed E-state index contributed by atoms with van der Waals surface area (Å²) in [6, 6.07) is 19.2. The summed E-state index contributed by atoms with van der Waals surface area (Å²) in [7, 11) is 0. The number of hydrogen-bond donors (Lipinski definition) is 1. The molecule has 0 saturated carbocycles. The fraction of sp³-hybridized carbons (Fsp3) is 0.208. The first-order chi connectivity index (χ1) is 16.3. The van der Waals surface area contributed by atoms with Gasteiger partial charge in [-0.15, -0.1) is 10.2 Å². The van der Waals surface area contributed by atoms with Crippen molar-refractivity contribution in [3.8, 4) is 28.6 Å². The van der Waals surface area contributed by atoms with Crippen molar-refractivity contribution in [1.82, 2.24) is 20.1 Å². The van der Waals surface area contributed by atoms with Crippen molar-refractivity contribution in [2.24, 2.45) is 0 Å². The van der Waals surface area contributed by atoms with Gasteiger partial charge in [-0.05, 0) is 42.5 Å². The molecule has 0 saturated heterocycles. The average molecular weight is 463 g/mol. The van der Waals surface area contributed by atoms with Crippen molar-refractivity contribution in [3.05, 3.63) is 72.7 Å². The summed E-state index contributed by atoms with van der Waals surface area (Å²) in [6.45, 7) is 1.59. The van der Waals surface area contributed by atoms with Crippen LogP contribution in [-0.2, 0) is 11.3 Å². The van der Waals surface area contributed by atoms with E-state index in [0.29, 0.717) is 42.2 Å². The smallest absolute Gasteiger partial charge is 0.230 e. The van der Waals surface area contributed by atoms with E-state index in [4.69, 9.17) is 13.9 Å². The molecule has 1 aliphatic heterocycles. The Balaban J connectivity index is 1.40. The van der Waals surface area contributed by atoms with Crippen LogP contribution in [0, 0.1) is 0 Å². The molecule has 1 N–H and O–H groups in total. The van der Waals surface area contributed by atoms with Gasteiger partial charge < -0.3 is 19.2 Å². The van der Waals surface area contributed by atoms with E-state index < -0.39 is 0 Å². The van der Waals surface area contributed by atoms with Crippen LogP contribution in [0.4, 0.5) is 0 Å². The van der Waals surface area contributed by atoms with E-state index in [2.05, 4.69) is 15.5 Å². The van der Waals surface area contributed by atoms with E-state index in [-0.39, 0.29) is 11.7 Å². The Kier molecular flexibility index (Phi) is 6.30. The number of thioether (sulfide) groups is 1. The van der Waals surface area contributed by atoms with E-state index in [1.165, 1.54) is 11.8 Å². The topological polar surface area (TPSA) is 91.4 Å². The lowest BCUT2D eigenvalue weighted by Gasteiger charge is -2.12. The van der Waals surface area contributed by atoms with Crippen LogP contribution in [0.3, 0.4) is 0 Å². The summed E-state index contributed by atoms with van der Waals surface area (Å²) >= 11 is 1.33. The number of ether oxygens (including phenoxy) is 2. The maximum absolute atomic E-state index is 12.4. The van der Waals surface area contributed by atoms with Gasteiger partial charge in [-0.1, -0.05) is 30.0 Å². The van der Waals surface area contributed by atoms with Crippen LogP contribution in [0.15, 0.2) is 76.5 Å². The normalized spacial score (nSPS) is 12.8. The highest BCUT2D eigenvalue weighted by molar-refractivity contribution is 7.99. The van der Waals surface area contributed by atoms with E-state index in [1.54, 1.807) is 12.3 Å². The summed E-state index contributed by atoms with van der Waals surface area (Å²) in [5, 5.41) is 12.3. The highest BCUT2D eigenvalue weighted by atomic mass is 32.2. The minimum Gasteiger partial charge on any atom is -0.490 e.